The second-order valence-electron chi connectivity index (χ2n) is 4.38. The van der Waals surface area contributed by atoms with Gasteiger partial charge in [-0.1, -0.05) is 38.3 Å². The van der Waals surface area contributed by atoms with Crippen LogP contribution in [0.4, 0.5) is 4.79 Å². The molecule has 0 aromatic heterocycles. The maximum Gasteiger partial charge on any atom is 1.00 e. The first kappa shape index (κ1) is 17.4. The van der Waals surface area contributed by atoms with Crippen LogP contribution >= 0.6 is 0 Å². The van der Waals surface area contributed by atoms with Gasteiger partial charge in [0.05, 0.1) is 0 Å². The molecule has 1 rings (SSSR count). The fourth-order valence-electron chi connectivity index (χ4n) is 2.02. The number of imide groups is 2. The Morgan fingerprint density at radius 3 is 2.06 bits per heavy atom. The summed E-state index contributed by atoms with van der Waals surface area (Å²) in [5.41, 5.74) is -0.820. The van der Waals surface area contributed by atoms with Crippen LogP contribution in [0.1, 0.15) is 39.5 Å². The van der Waals surface area contributed by atoms with Crippen molar-refractivity contribution in [3.8, 4) is 0 Å². The molecule has 0 aromatic carbocycles. The van der Waals surface area contributed by atoms with E-state index in [4.69, 9.17) is 0 Å². The first-order chi connectivity index (χ1) is 7.95. The summed E-state index contributed by atoms with van der Waals surface area (Å²) in [6.07, 6.45) is 3.07. The number of barbiturate groups is 1. The van der Waals surface area contributed by atoms with Crippen molar-refractivity contribution in [2.75, 3.05) is 0 Å². The van der Waals surface area contributed by atoms with Crippen LogP contribution in [0.3, 0.4) is 0 Å². The summed E-state index contributed by atoms with van der Waals surface area (Å²) in [6, 6.07) is -0.757. The van der Waals surface area contributed by atoms with E-state index in [1.54, 1.807) is 6.92 Å². The number of unbranched alkanes of at least 4 members (excludes halogenated alkanes) is 2. The van der Waals surface area contributed by atoms with Crippen LogP contribution in [0, 0.1) is 5.41 Å². The van der Waals surface area contributed by atoms with Crippen LogP contribution in [0.15, 0.2) is 12.2 Å². The van der Waals surface area contributed by atoms with Crippen LogP contribution < -0.4 is 40.2 Å². The van der Waals surface area contributed by atoms with Crippen LogP contribution in [-0.4, -0.2) is 17.8 Å². The van der Waals surface area contributed by atoms with E-state index in [1.165, 1.54) is 0 Å². The van der Waals surface area contributed by atoms with Gasteiger partial charge in [-0.05, 0) is 13.3 Å². The Morgan fingerprint density at radius 1 is 1.17 bits per heavy atom. The molecule has 0 unspecified atom stereocenters. The topological polar surface area (TPSA) is 75.3 Å². The number of urea groups is 1. The molecule has 2 N–H and O–H groups in total. The zero-order chi connectivity index (χ0) is 13.1. The minimum absolute atomic E-state index is 0. The van der Waals surface area contributed by atoms with Gasteiger partial charge in [0, 0.05) is 0 Å². The molecule has 1 fully saturated rings. The molecular weight excluding hydrogens is 243 g/mol. The predicted octanol–water partition coefficient (Wildman–Crippen LogP) is -1.50. The van der Waals surface area contributed by atoms with E-state index in [-0.39, 0.29) is 29.6 Å². The number of rotatable bonds is 5. The Balaban J connectivity index is 0.00000289. The standard InChI is InChI=1S/C12H18N2O3.Na/c1-4-5-6-7-12(8(2)3)9(15)13-11(17)14-10(12)16;/h2,4-7H2,1,3H3,(H2,13,14,15,16,17);/q;+1. The van der Waals surface area contributed by atoms with Gasteiger partial charge in [0.2, 0.25) is 11.8 Å². The second-order valence-corrected chi connectivity index (χ2v) is 4.38. The minimum atomic E-state index is -1.29. The monoisotopic (exact) mass is 261 g/mol. The van der Waals surface area contributed by atoms with E-state index < -0.39 is 23.3 Å². The van der Waals surface area contributed by atoms with Gasteiger partial charge >= 0.3 is 35.6 Å². The van der Waals surface area contributed by atoms with Gasteiger partial charge in [0.25, 0.3) is 0 Å². The Kier molecular flexibility index (Phi) is 6.81. The average molecular weight is 261 g/mol. The Morgan fingerprint density at radius 2 is 1.67 bits per heavy atom. The van der Waals surface area contributed by atoms with Crippen LogP contribution in [0.2, 0.25) is 0 Å². The molecule has 1 aliphatic rings. The zero-order valence-electron chi connectivity index (χ0n) is 11.3. The molecule has 4 amide bonds. The van der Waals surface area contributed by atoms with Crippen molar-refractivity contribution < 1.29 is 43.9 Å². The van der Waals surface area contributed by atoms with Crippen molar-refractivity contribution in [2.24, 2.45) is 5.41 Å². The molecule has 1 aliphatic heterocycles. The van der Waals surface area contributed by atoms with Gasteiger partial charge in [-0.3, -0.25) is 20.2 Å². The molecule has 0 radical (unpaired) electrons. The summed E-state index contributed by atoms with van der Waals surface area (Å²) < 4.78 is 0. The number of carbonyl (C=O) groups is 3. The summed E-state index contributed by atoms with van der Waals surface area (Å²) in [7, 11) is 0. The largest absolute Gasteiger partial charge is 1.00 e. The summed E-state index contributed by atoms with van der Waals surface area (Å²) >= 11 is 0. The number of carbonyl (C=O) groups excluding carboxylic acids is 3. The molecule has 0 bridgehead atoms. The van der Waals surface area contributed by atoms with Gasteiger partial charge in [-0.15, -0.1) is 0 Å². The minimum Gasteiger partial charge on any atom is -0.277 e. The normalized spacial score (nSPS) is 17.6. The Bertz CT molecular complexity index is 360. The van der Waals surface area contributed by atoms with Gasteiger partial charge in [0.15, 0.2) is 0 Å². The fraction of sp³-hybridized carbons (Fsp3) is 0.583. The first-order valence-corrected chi connectivity index (χ1v) is 5.78. The maximum absolute atomic E-state index is 11.9. The van der Waals surface area contributed by atoms with Gasteiger partial charge in [-0.2, -0.15) is 0 Å². The van der Waals surface area contributed by atoms with Crippen molar-refractivity contribution in [2.45, 2.75) is 39.5 Å². The number of nitrogens with one attached hydrogen (secondary N) is 2. The van der Waals surface area contributed by atoms with Crippen molar-refractivity contribution in [3.63, 3.8) is 0 Å². The molecule has 6 heteroatoms. The third-order valence-corrected chi connectivity index (χ3v) is 3.11. The van der Waals surface area contributed by atoms with Crippen LogP contribution in [0.5, 0.6) is 0 Å². The molecule has 0 aromatic rings. The molecule has 1 saturated heterocycles. The van der Waals surface area contributed by atoms with Crippen molar-refractivity contribution in [1.29, 1.82) is 0 Å². The summed E-state index contributed by atoms with van der Waals surface area (Å²) in [5, 5.41) is 4.28. The van der Waals surface area contributed by atoms with E-state index in [2.05, 4.69) is 17.2 Å². The van der Waals surface area contributed by atoms with E-state index in [9.17, 15) is 14.4 Å². The molecule has 0 spiro atoms. The molecule has 0 aliphatic carbocycles. The Labute approximate surface area is 129 Å². The SMILES string of the molecule is C=C(C)C1(CCCCC)C(=O)NC(=O)NC1=O.[Na+]. The number of hydrogen-bond donors (Lipinski definition) is 2. The zero-order valence-corrected chi connectivity index (χ0v) is 13.3. The number of hydrogen-bond acceptors (Lipinski definition) is 3. The molecule has 94 valence electrons. The van der Waals surface area contributed by atoms with Crippen molar-refractivity contribution in [3.05, 3.63) is 12.2 Å². The molecule has 1 heterocycles. The second kappa shape index (κ2) is 7.07. The number of amides is 4. The van der Waals surface area contributed by atoms with Crippen LogP contribution in [0.25, 0.3) is 0 Å². The molecule has 0 atom stereocenters. The summed E-state index contributed by atoms with van der Waals surface area (Å²) in [5.74, 6) is -1.12. The van der Waals surface area contributed by atoms with Gasteiger partial charge < -0.3 is 0 Å². The van der Waals surface area contributed by atoms with Gasteiger partial charge in [0.1, 0.15) is 5.41 Å². The maximum atomic E-state index is 11.9. The molecule has 5 nitrogen and oxygen atoms in total. The van der Waals surface area contributed by atoms with Crippen LogP contribution in [-0.2, 0) is 9.59 Å². The quantitative estimate of drug-likeness (QED) is 0.274. The van der Waals surface area contributed by atoms with E-state index in [0.29, 0.717) is 12.0 Å². The van der Waals surface area contributed by atoms with Crippen molar-refractivity contribution in [1.82, 2.24) is 10.6 Å². The first-order valence-electron chi connectivity index (χ1n) is 5.78. The smallest absolute Gasteiger partial charge is 0.277 e. The average Bonchev–Trinajstić information content (AvgIpc) is 2.21. The summed E-state index contributed by atoms with van der Waals surface area (Å²) in [6.45, 7) is 7.40. The fourth-order valence-corrected chi connectivity index (χ4v) is 2.02. The van der Waals surface area contributed by atoms with Crippen molar-refractivity contribution >= 4 is 17.8 Å². The van der Waals surface area contributed by atoms with E-state index in [0.717, 1.165) is 19.3 Å². The molecular formula is C12H18N2NaO3+. The summed E-state index contributed by atoms with van der Waals surface area (Å²) in [4.78, 5) is 34.9. The predicted molar refractivity (Wildman–Crippen MR) is 63.1 cm³/mol. The van der Waals surface area contributed by atoms with Gasteiger partial charge in [-0.25, -0.2) is 4.79 Å². The van der Waals surface area contributed by atoms with E-state index in [1.807, 2.05) is 6.92 Å². The molecule has 0 saturated carbocycles. The Hall–Kier alpha value is -0.650. The molecule has 18 heavy (non-hydrogen) atoms. The third kappa shape index (κ3) is 3.22. The third-order valence-electron chi connectivity index (χ3n) is 3.11. The van der Waals surface area contributed by atoms with E-state index >= 15 is 0 Å².